The number of aliphatic hydroxyl groups is 4. The Bertz CT molecular complexity index is 3310. The van der Waals surface area contributed by atoms with Gasteiger partial charge in [-0.1, -0.05) is 36.4 Å². The van der Waals surface area contributed by atoms with Crippen molar-refractivity contribution in [1.29, 1.82) is 0 Å². The smallest absolute Gasteiger partial charge is 0.430 e. The fourth-order valence-corrected chi connectivity index (χ4v) is 6.68. The number of hydrazine groups is 2. The first kappa shape index (κ1) is 61.4. The lowest BCUT2D eigenvalue weighted by Gasteiger charge is -2.14. The number of halogens is 9. The molecule has 30 heteroatoms. The van der Waals surface area contributed by atoms with Crippen LogP contribution in [0.5, 0.6) is 0 Å². The summed E-state index contributed by atoms with van der Waals surface area (Å²) in [5.74, 6) is -3.24. The quantitative estimate of drug-likeness (QED) is 0.0281. The van der Waals surface area contributed by atoms with Crippen LogP contribution in [0.3, 0.4) is 0 Å². The zero-order chi connectivity index (χ0) is 59.8. The minimum absolute atomic E-state index is 0.0937. The van der Waals surface area contributed by atoms with Gasteiger partial charge in [0, 0.05) is 17.1 Å². The lowest BCUT2D eigenvalue weighted by Crippen LogP contribution is -2.47. The Hall–Kier alpha value is -9.78. The number of nitrogens with one attached hydrogen (secondary N) is 7. The zero-order valence-electron chi connectivity index (χ0n) is 41.6. The van der Waals surface area contributed by atoms with E-state index in [1.54, 1.807) is 54.6 Å². The Morgan fingerprint density at radius 2 is 0.951 bits per heavy atom. The molecule has 6 aromatic carbocycles. The lowest BCUT2D eigenvalue weighted by atomic mass is 10.1. The van der Waals surface area contributed by atoms with Gasteiger partial charge in [0.25, 0.3) is 23.6 Å². The molecule has 1 saturated heterocycles. The summed E-state index contributed by atoms with van der Waals surface area (Å²) in [5, 5.41) is 52.4. The number of rotatable bonds is 14. The van der Waals surface area contributed by atoms with Crippen molar-refractivity contribution >= 4 is 63.9 Å². The van der Waals surface area contributed by atoms with E-state index in [9.17, 15) is 68.6 Å². The van der Waals surface area contributed by atoms with Gasteiger partial charge >= 0.3 is 24.7 Å². The van der Waals surface area contributed by atoms with Crippen LogP contribution >= 0.6 is 0 Å². The van der Waals surface area contributed by atoms with E-state index in [1.165, 1.54) is 54.6 Å². The highest BCUT2D eigenvalue weighted by Crippen LogP contribution is 2.35. The molecule has 7 aromatic rings. The summed E-state index contributed by atoms with van der Waals surface area (Å²) in [6.45, 7) is -1.65. The number of hydrogen-bond donors (Lipinski definition) is 11. The third kappa shape index (κ3) is 17.4. The molecule has 1 aromatic heterocycles. The molecule has 4 amide bonds. The number of anilines is 6. The molecule has 11 N–H and O–H groups in total. The van der Waals surface area contributed by atoms with Crippen molar-refractivity contribution in [2.24, 2.45) is 0 Å². The number of para-hydroxylation sites is 3. The molecular formula is C52H44F9N9O12. The van der Waals surface area contributed by atoms with Gasteiger partial charge in [0.05, 0.1) is 63.7 Å². The van der Waals surface area contributed by atoms with Crippen molar-refractivity contribution < 1.29 is 97.8 Å². The number of nitrogens with zero attached hydrogens (tertiary/aromatic N) is 2. The Morgan fingerprint density at radius 3 is 1.37 bits per heavy atom. The normalized spacial score (nSPS) is 13.7. The second kappa shape index (κ2) is 27.4. The molecule has 8 rings (SSSR count). The Balaban J connectivity index is 0.000000198. The maximum absolute atomic E-state index is 12.7. The van der Waals surface area contributed by atoms with Crippen LogP contribution < -0.4 is 37.7 Å². The standard InChI is InChI=1S/C18H14F3N3O5.C17H16F3N3O4.C17H14F3N3O3/c19-18(20,21)10-5-7-11(8-6-10)22-13-4-2-1-3-12(13)15(25)23-24-16(26)14-9-28-17(27)29-14;18-17(19,20)10-5-7-11(8-6-10)21-13-4-2-1-3-12(13)15(26)22-23-16(27)14(25)9-24;18-17(19,20)10-5-7-11(8-6-10)21-13-4-2-1-3-12(13)15-22-23-16(26-15)14(25)9-24/h1-8,14,22H,9H2,(H,23,25)(H,24,26);1-8,14,21,24-25H,9H2,(H,22,26)(H,23,27);1-8,14,21,24-25H,9H2. The van der Waals surface area contributed by atoms with Gasteiger partial charge in [-0.3, -0.25) is 40.9 Å². The second-order valence-electron chi connectivity index (χ2n) is 16.6. The van der Waals surface area contributed by atoms with E-state index < -0.39 is 96.5 Å². The molecular weight excluding hydrogens is 1110 g/mol. The Labute approximate surface area is 456 Å². The number of amides is 4. The number of aliphatic hydroxyl groups excluding tert-OH is 4. The van der Waals surface area contributed by atoms with E-state index in [-0.39, 0.29) is 35.2 Å². The number of cyclic esters (lactones) is 2. The highest BCUT2D eigenvalue weighted by Gasteiger charge is 2.34. The van der Waals surface area contributed by atoms with E-state index in [2.05, 4.69) is 51.9 Å². The summed E-state index contributed by atoms with van der Waals surface area (Å²) >= 11 is 0. The molecule has 82 heavy (non-hydrogen) atoms. The molecule has 432 valence electrons. The van der Waals surface area contributed by atoms with Gasteiger partial charge in [-0.2, -0.15) is 39.5 Å². The first-order valence-corrected chi connectivity index (χ1v) is 23.4. The summed E-state index contributed by atoms with van der Waals surface area (Å²) in [6, 6.07) is 32.2. The predicted octanol–water partition coefficient (Wildman–Crippen LogP) is 7.83. The van der Waals surface area contributed by atoms with Gasteiger partial charge < -0.3 is 50.3 Å². The lowest BCUT2D eigenvalue weighted by molar-refractivity contribution is -0.138. The van der Waals surface area contributed by atoms with Crippen molar-refractivity contribution in [3.63, 3.8) is 0 Å². The number of carbonyl (C=O) groups is 5. The van der Waals surface area contributed by atoms with Crippen molar-refractivity contribution in [2.45, 2.75) is 36.8 Å². The van der Waals surface area contributed by atoms with Crippen LogP contribution in [0, 0.1) is 0 Å². The molecule has 0 spiro atoms. The largest absolute Gasteiger partial charge is 0.509 e. The minimum atomic E-state index is -4.45. The fraction of sp³-hybridized carbons (Fsp3) is 0.173. The number of carbonyl (C=O) groups excluding carboxylic acids is 5. The molecule has 1 aliphatic heterocycles. The molecule has 0 saturated carbocycles. The summed E-state index contributed by atoms with van der Waals surface area (Å²) in [5.41, 5.74) is 8.88. The van der Waals surface area contributed by atoms with E-state index in [1.807, 2.05) is 5.43 Å². The topological polar surface area (TPSA) is 308 Å². The monoisotopic (exact) mass is 1160 g/mol. The first-order chi connectivity index (χ1) is 38.8. The third-order valence-corrected chi connectivity index (χ3v) is 10.8. The second-order valence-corrected chi connectivity index (χ2v) is 16.6. The number of aromatic nitrogens is 2. The average Bonchev–Trinajstić information content (AvgIpc) is 4.18. The fourth-order valence-electron chi connectivity index (χ4n) is 6.68. The van der Waals surface area contributed by atoms with Crippen LogP contribution in [0.15, 0.2) is 150 Å². The van der Waals surface area contributed by atoms with E-state index in [0.29, 0.717) is 34.0 Å². The minimum Gasteiger partial charge on any atom is -0.430 e. The van der Waals surface area contributed by atoms with E-state index in [0.717, 1.165) is 36.4 Å². The maximum Gasteiger partial charge on any atom is 0.509 e. The van der Waals surface area contributed by atoms with Crippen LogP contribution in [-0.4, -0.2) is 92.4 Å². The summed E-state index contributed by atoms with van der Waals surface area (Å²) in [7, 11) is 0. The third-order valence-electron chi connectivity index (χ3n) is 10.8. The SMILES string of the molecule is O=C(NNC(=O)C(O)CO)c1ccccc1Nc1ccc(C(F)(F)F)cc1.O=C1OCC(C(=O)NNC(=O)c2ccccc2Nc2ccc(C(F)(F)F)cc2)O1.OCC(O)c1nnc(-c2ccccc2Nc2ccc(C(F)(F)F)cc2)o1. The number of alkyl halides is 9. The molecule has 2 heterocycles. The molecule has 3 atom stereocenters. The summed E-state index contributed by atoms with van der Waals surface area (Å²) in [6.07, 6.45) is -18.4. The molecule has 0 aliphatic carbocycles. The highest BCUT2D eigenvalue weighted by molar-refractivity contribution is 6.02. The molecule has 3 unspecified atom stereocenters. The molecule has 1 aliphatic rings. The van der Waals surface area contributed by atoms with Crippen LogP contribution in [0.25, 0.3) is 11.5 Å². The maximum atomic E-state index is 12.7. The van der Waals surface area contributed by atoms with Crippen molar-refractivity contribution in [1.82, 2.24) is 31.9 Å². The van der Waals surface area contributed by atoms with Gasteiger partial charge in [0.15, 0.2) is 12.2 Å². The van der Waals surface area contributed by atoms with Crippen LogP contribution in [0.1, 0.15) is 49.4 Å². The summed E-state index contributed by atoms with van der Waals surface area (Å²) < 4.78 is 128. The number of hydrogen-bond acceptors (Lipinski definition) is 17. The zero-order valence-corrected chi connectivity index (χ0v) is 41.6. The van der Waals surface area contributed by atoms with Gasteiger partial charge in [0.2, 0.25) is 17.9 Å². The average molecular weight is 1160 g/mol. The van der Waals surface area contributed by atoms with Crippen LogP contribution in [0.2, 0.25) is 0 Å². The van der Waals surface area contributed by atoms with Gasteiger partial charge in [-0.15, -0.1) is 10.2 Å². The van der Waals surface area contributed by atoms with Gasteiger partial charge in [-0.05, 0) is 109 Å². The molecule has 21 nitrogen and oxygen atoms in total. The van der Waals surface area contributed by atoms with Gasteiger partial charge in [0.1, 0.15) is 6.61 Å². The summed E-state index contributed by atoms with van der Waals surface area (Å²) in [4.78, 5) is 58.6. The number of benzene rings is 6. The van der Waals surface area contributed by atoms with E-state index in [4.69, 9.17) is 19.7 Å². The predicted molar refractivity (Wildman–Crippen MR) is 269 cm³/mol. The van der Waals surface area contributed by atoms with Crippen molar-refractivity contribution in [2.75, 3.05) is 35.8 Å². The van der Waals surface area contributed by atoms with Gasteiger partial charge in [-0.25, -0.2) is 4.79 Å². The van der Waals surface area contributed by atoms with Crippen molar-refractivity contribution in [3.05, 3.63) is 179 Å². The van der Waals surface area contributed by atoms with Crippen LogP contribution in [-0.2, 0) is 37.6 Å². The number of ether oxygens (including phenoxy) is 2. The van der Waals surface area contributed by atoms with Crippen LogP contribution in [0.4, 0.5) is 78.4 Å². The van der Waals surface area contributed by atoms with E-state index >= 15 is 0 Å². The molecule has 1 fully saturated rings. The molecule has 0 radical (unpaired) electrons. The van der Waals surface area contributed by atoms with Crippen molar-refractivity contribution in [3.8, 4) is 11.5 Å². The Kier molecular flexibility index (Phi) is 20.5. The first-order valence-electron chi connectivity index (χ1n) is 23.4. The highest BCUT2D eigenvalue weighted by atomic mass is 19.4. The Morgan fingerprint density at radius 1 is 0.537 bits per heavy atom. The molecule has 0 bridgehead atoms.